The Hall–Kier alpha value is -1.35. The minimum absolute atomic E-state index is 0.732. The lowest BCUT2D eigenvalue weighted by Gasteiger charge is -2.03. The van der Waals surface area contributed by atoms with E-state index in [1.807, 2.05) is 30.3 Å². The largest absolute Gasteiger partial charge is 0.482 e. The van der Waals surface area contributed by atoms with Crippen molar-refractivity contribution in [3.63, 3.8) is 0 Å². The van der Waals surface area contributed by atoms with Crippen LogP contribution in [0.25, 0.3) is 11.1 Å². The van der Waals surface area contributed by atoms with Crippen molar-refractivity contribution in [3.05, 3.63) is 36.5 Å². The Morgan fingerprint density at radius 3 is 2.87 bits per heavy atom. The molecule has 0 amide bonds. The molecule has 0 aliphatic carbocycles. The predicted molar refractivity (Wildman–Crippen MR) is 62.2 cm³/mol. The molecule has 1 radical (unpaired) electrons. The maximum Gasteiger partial charge on any atom is 0.202 e. The molecule has 0 saturated carbocycles. The summed E-state index contributed by atoms with van der Waals surface area (Å²) in [5, 5.41) is 0.864. The van der Waals surface area contributed by atoms with Crippen molar-refractivity contribution in [1.82, 2.24) is 4.37 Å². The van der Waals surface area contributed by atoms with Gasteiger partial charge in [-0.25, -0.2) is 0 Å². The lowest BCUT2D eigenvalue weighted by molar-refractivity contribution is 0.328. The molecule has 0 bridgehead atoms. The van der Waals surface area contributed by atoms with Crippen LogP contribution in [0.4, 0.5) is 0 Å². The van der Waals surface area contributed by atoms with Crippen molar-refractivity contribution in [2.45, 2.75) is 13.3 Å². The summed E-state index contributed by atoms with van der Waals surface area (Å²) in [4.78, 5) is 0. The Kier molecular flexibility index (Phi) is 3.35. The highest BCUT2D eigenvalue weighted by molar-refractivity contribution is 7.08. The lowest BCUT2D eigenvalue weighted by atomic mass is 10.1. The number of benzene rings is 1. The number of rotatable bonds is 4. The van der Waals surface area contributed by atoms with Crippen molar-refractivity contribution in [3.8, 4) is 16.2 Å². The van der Waals surface area contributed by atoms with E-state index in [-0.39, 0.29) is 0 Å². The first kappa shape index (κ1) is 10.2. The fourth-order valence-electron chi connectivity index (χ4n) is 1.28. The van der Waals surface area contributed by atoms with E-state index >= 15 is 0 Å². The average molecular weight is 218 g/mol. The van der Waals surface area contributed by atoms with Crippen LogP contribution in [0, 0.1) is 6.20 Å². The van der Waals surface area contributed by atoms with Crippen LogP contribution in [0.3, 0.4) is 0 Å². The van der Waals surface area contributed by atoms with Gasteiger partial charge in [0.25, 0.3) is 0 Å². The van der Waals surface area contributed by atoms with Crippen molar-refractivity contribution >= 4 is 11.5 Å². The SMILES string of the molecule is CCCOc1sn[c]c1-c1ccccc1. The molecular weight excluding hydrogens is 206 g/mol. The van der Waals surface area contributed by atoms with Gasteiger partial charge in [-0.2, -0.15) is 4.37 Å². The average Bonchev–Trinajstić information content (AvgIpc) is 2.75. The lowest BCUT2D eigenvalue weighted by Crippen LogP contribution is -1.93. The summed E-state index contributed by atoms with van der Waals surface area (Å²) in [5.41, 5.74) is 2.08. The normalized spacial score (nSPS) is 10.2. The van der Waals surface area contributed by atoms with E-state index in [1.54, 1.807) is 0 Å². The Morgan fingerprint density at radius 2 is 2.13 bits per heavy atom. The molecule has 1 aromatic carbocycles. The highest BCUT2D eigenvalue weighted by atomic mass is 32.1. The van der Waals surface area contributed by atoms with E-state index in [0.29, 0.717) is 0 Å². The molecule has 77 valence electrons. The van der Waals surface area contributed by atoms with E-state index in [9.17, 15) is 0 Å². The molecule has 0 saturated heterocycles. The van der Waals surface area contributed by atoms with Crippen LogP contribution in [0.2, 0.25) is 0 Å². The van der Waals surface area contributed by atoms with E-state index in [1.165, 1.54) is 11.5 Å². The van der Waals surface area contributed by atoms with Crippen LogP contribution in [0.1, 0.15) is 13.3 Å². The molecule has 2 nitrogen and oxygen atoms in total. The molecule has 0 atom stereocenters. The van der Waals surface area contributed by atoms with Crippen LogP contribution in [-0.4, -0.2) is 11.0 Å². The minimum Gasteiger partial charge on any atom is -0.482 e. The number of ether oxygens (including phenoxy) is 1. The third-order valence-electron chi connectivity index (χ3n) is 1.99. The van der Waals surface area contributed by atoms with Gasteiger partial charge >= 0.3 is 0 Å². The van der Waals surface area contributed by atoms with Crippen LogP contribution in [0.15, 0.2) is 30.3 Å². The maximum atomic E-state index is 5.61. The number of aromatic nitrogens is 1. The van der Waals surface area contributed by atoms with E-state index in [2.05, 4.69) is 17.5 Å². The maximum absolute atomic E-state index is 5.61. The Labute approximate surface area is 93.7 Å². The number of hydrogen-bond acceptors (Lipinski definition) is 3. The molecule has 0 aliphatic heterocycles. The highest BCUT2D eigenvalue weighted by Crippen LogP contribution is 2.32. The van der Waals surface area contributed by atoms with Gasteiger partial charge in [0, 0.05) is 11.5 Å². The molecule has 2 aromatic rings. The molecule has 15 heavy (non-hydrogen) atoms. The molecule has 1 aromatic heterocycles. The second kappa shape index (κ2) is 4.94. The molecule has 0 aliphatic rings. The molecule has 0 spiro atoms. The summed E-state index contributed by atoms with van der Waals surface area (Å²) in [6.45, 7) is 2.82. The molecule has 0 fully saturated rings. The topological polar surface area (TPSA) is 22.1 Å². The van der Waals surface area contributed by atoms with Gasteiger partial charge in [-0.1, -0.05) is 37.3 Å². The molecule has 0 N–H and O–H groups in total. The summed E-state index contributed by atoms with van der Waals surface area (Å²) in [6.07, 6.45) is 3.98. The summed E-state index contributed by atoms with van der Waals surface area (Å²) < 4.78 is 9.65. The highest BCUT2D eigenvalue weighted by Gasteiger charge is 2.08. The molecule has 1 heterocycles. The minimum atomic E-state index is 0.732. The van der Waals surface area contributed by atoms with E-state index in [0.717, 1.165) is 29.2 Å². The first-order valence-electron chi connectivity index (χ1n) is 4.97. The van der Waals surface area contributed by atoms with Crippen LogP contribution in [-0.2, 0) is 0 Å². The molecule has 2 rings (SSSR count). The summed E-state index contributed by atoms with van der Waals surface area (Å²) in [7, 11) is 0. The monoisotopic (exact) mass is 218 g/mol. The van der Waals surface area contributed by atoms with E-state index < -0.39 is 0 Å². The fraction of sp³-hybridized carbons (Fsp3) is 0.250. The van der Waals surface area contributed by atoms with Gasteiger partial charge in [-0.05, 0) is 12.0 Å². The molecule has 0 unspecified atom stereocenters. The third-order valence-corrected chi connectivity index (χ3v) is 2.66. The predicted octanol–water partition coefficient (Wildman–Crippen LogP) is 3.40. The Bertz CT molecular complexity index is 411. The standard InChI is InChI=1S/C12H12NOS/c1-2-8-14-12-11(9-13-15-12)10-6-4-3-5-7-10/h3-7H,2,8H2,1H3. The number of nitrogens with zero attached hydrogens (tertiary/aromatic N) is 1. The second-order valence-corrected chi connectivity index (χ2v) is 3.91. The zero-order valence-corrected chi connectivity index (χ0v) is 9.38. The summed E-state index contributed by atoms with van der Waals surface area (Å²) in [5.74, 6) is 0. The second-order valence-electron chi connectivity index (χ2n) is 3.17. The Balaban J connectivity index is 2.25. The molecule has 3 heteroatoms. The van der Waals surface area contributed by atoms with Gasteiger partial charge in [0.1, 0.15) is 6.20 Å². The van der Waals surface area contributed by atoms with Gasteiger partial charge in [0.05, 0.1) is 12.2 Å². The zero-order valence-electron chi connectivity index (χ0n) is 8.56. The first-order valence-corrected chi connectivity index (χ1v) is 5.74. The van der Waals surface area contributed by atoms with Gasteiger partial charge in [0.2, 0.25) is 5.06 Å². The first-order chi connectivity index (χ1) is 7.42. The fourth-order valence-corrected chi connectivity index (χ4v) is 1.89. The Morgan fingerprint density at radius 1 is 1.33 bits per heavy atom. The van der Waals surface area contributed by atoms with Crippen molar-refractivity contribution in [2.75, 3.05) is 6.61 Å². The van der Waals surface area contributed by atoms with Gasteiger partial charge in [0.15, 0.2) is 0 Å². The van der Waals surface area contributed by atoms with Gasteiger partial charge in [-0.3, -0.25) is 0 Å². The van der Waals surface area contributed by atoms with E-state index in [4.69, 9.17) is 4.74 Å². The number of hydrogen-bond donors (Lipinski definition) is 0. The quantitative estimate of drug-likeness (QED) is 0.784. The van der Waals surface area contributed by atoms with Crippen molar-refractivity contribution in [1.29, 1.82) is 0 Å². The zero-order chi connectivity index (χ0) is 10.5. The smallest absolute Gasteiger partial charge is 0.202 e. The van der Waals surface area contributed by atoms with Crippen LogP contribution < -0.4 is 4.74 Å². The van der Waals surface area contributed by atoms with Gasteiger partial charge < -0.3 is 4.74 Å². The van der Waals surface area contributed by atoms with Crippen LogP contribution in [0.5, 0.6) is 5.06 Å². The summed E-state index contributed by atoms with van der Waals surface area (Å²) in [6, 6.07) is 10.1. The van der Waals surface area contributed by atoms with Crippen molar-refractivity contribution in [2.24, 2.45) is 0 Å². The summed E-state index contributed by atoms with van der Waals surface area (Å²) >= 11 is 1.36. The van der Waals surface area contributed by atoms with Crippen LogP contribution >= 0.6 is 11.5 Å². The van der Waals surface area contributed by atoms with Crippen molar-refractivity contribution < 1.29 is 4.74 Å². The molecular formula is C12H12NOS. The van der Waals surface area contributed by atoms with Gasteiger partial charge in [-0.15, -0.1) is 0 Å². The third kappa shape index (κ3) is 2.36.